The fourth-order valence-electron chi connectivity index (χ4n) is 2.39. The Bertz CT molecular complexity index is 555. The smallest absolute Gasteiger partial charge is 0.300 e. The molecule has 2 rings (SSSR count). The van der Waals surface area contributed by atoms with E-state index < -0.39 is 11.7 Å². The van der Waals surface area contributed by atoms with Crippen LogP contribution in [-0.4, -0.2) is 30.3 Å². The number of halogens is 4. The van der Waals surface area contributed by atoms with Gasteiger partial charge in [-0.05, 0) is 36.6 Å². The van der Waals surface area contributed by atoms with E-state index in [2.05, 4.69) is 4.90 Å². The molecule has 0 amide bonds. The summed E-state index contributed by atoms with van der Waals surface area (Å²) in [5.41, 5.74) is 0.969. The highest BCUT2D eigenvalue weighted by Crippen LogP contribution is 2.32. The Balaban J connectivity index is 0.00000242. The predicted octanol–water partition coefficient (Wildman–Crippen LogP) is 4.20. The molecule has 0 spiro atoms. The van der Waals surface area contributed by atoms with Crippen LogP contribution in [0.5, 0.6) is 0 Å². The zero-order valence-corrected chi connectivity index (χ0v) is 13.1. The second-order valence-corrected chi connectivity index (χ2v) is 5.31. The second kappa shape index (κ2) is 7.79. The van der Waals surface area contributed by atoms with Crippen molar-refractivity contribution >= 4 is 23.8 Å². The largest absolute Gasteiger partial charge is 0.416 e. The number of carbonyl (C=O) groups is 1. The van der Waals surface area contributed by atoms with E-state index in [-0.39, 0.29) is 18.2 Å². The van der Waals surface area contributed by atoms with Gasteiger partial charge in [-0.1, -0.05) is 18.2 Å². The Labute approximate surface area is 134 Å². The third-order valence-electron chi connectivity index (χ3n) is 3.63. The van der Waals surface area contributed by atoms with E-state index in [4.69, 9.17) is 0 Å². The van der Waals surface area contributed by atoms with Crippen LogP contribution in [0.4, 0.5) is 13.2 Å². The minimum atomic E-state index is -4.31. The molecule has 1 heterocycles. The Morgan fingerprint density at radius 3 is 2.59 bits per heavy atom. The number of nitrogens with zero attached hydrogens (tertiary/aromatic N) is 1. The number of benzene rings is 1. The van der Waals surface area contributed by atoms with Crippen molar-refractivity contribution in [2.45, 2.75) is 25.9 Å². The average Bonchev–Trinajstić information content (AvgIpc) is 2.45. The minimum Gasteiger partial charge on any atom is -0.300 e. The van der Waals surface area contributed by atoms with Crippen molar-refractivity contribution in [2.24, 2.45) is 0 Å². The molecule has 0 saturated heterocycles. The molecule has 1 aromatic carbocycles. The van der Waals surface area contributed by atoms with Gasteiger partial charge in [0.15, 0.2) is 0 Å². The van der Waals surface area contributed by atoms with Crippen LogP contribution in [0.2, 0.25) is 0 Å². The van der Waals surface area contributed by atoms with E-state index >= 15 is 0 Å². The monoisotopic (exact) mass is 333 g/mol. The summed E-state index contributed by atoms with van der Waals surface area (Å²) in [7, 11) is 0. The van der Waals surface area contributed by atoms with Crippen molar-refractivity contribution in [3.63, 3.8) is 0 Å². The number of ketones is 1. The van der Waals surface area contributed by atoms with Crippen molar-refractivity contribution in [1.82, 2.24) is 4.90 Å². The van der Waals surface area contributed by atoms with Gasteiger partial charge in [-0.2, -0.15) is 13.2 Å². The van der Waals surface area contributed by atoms with Crippen molar-refractivity contribution in [1.29, 1.82) is 0 Å². The third kappa shape index (κ3) is 5.14. The number of hydrogen-bond acceptors (Lipinski definition) is 2. The molecule has 0 fully saturated rings. The number of Topliss-reactive ketones (excluding diaryl/α,β-unsaturated/α-hetero) is 1. The summed E-state index contributed by atoms with van der Waals surface area (Å²) in [5, 5.41) is 0. The number of carbonyl (C=O) groups excluding carboxylic acids is 1. The van der Waals surface area contributed by atoms with E-state index in [0.29, 0.717) is 31.5 Å². The van der Waals surface area contributed by atoms with Crippen LogP contribution in [0.3, 0.4) is 0 Å². The van der Waals surface area contributed by atoms with Gasteiger partial charge in [0.1, 0.15) is 5.78 Å². The predicted molar refractivity (Wildman–Crippen MR) is 83.0 cm³/mol. The maximum Gasteiger partial charge on any atom is 0.416 e. The van der Waals surface area contributed by atoms with Gasteiger partial charge in [0, 0.05) is 26.1 Å². The number of rotatable bonds is 4. The molecule has 0 unspecified atom stereocenters. The van der Waals surface area contributed by atoms with Gasteiger partial charge in [0.2, 0.25) is 0 Å². The molecule has 1 aliphatic rings. The first-order valence-corrected chi connectivity index (χ1v) is 6.95. The summed E-state index contributed by atoms with van der Waals surface area (Å²) >= 11 is 0. The van der Waals surface area contributed by atoms with E-state index in [1.165, 1.54) is 12.1 Å². The number of hydrogen-bond donors (Lipinski definition) is 0. The maximum absolute atomic E-state index is 12.7. The second-order valence-electron chi connectivity index (χ2n) is 5.31. The Morgan fingerprint density at radius 2 is 2.05 bits per heavy atom. The number of alkyl halides is 3. The lowest BCUT2D eigenvalue weighted by molar-refractivity contribution is -0.137. The van der Waals surface area contributed by atoms with E-state index in [1.54, 1.807) is 13.0 Å². The lowest BCUT2D eigenvalue weighted by Gasteiger charge is -2.26. The van der Waals surface area contributed by atoms with E-state index in [0.717, 1.165) is 18.2 Å². The molecule has 0 radical (unpaired) electrons. The highest BCUT2D eigenvalue weighted by atomic mass is 35.5. The van der Waals surface area contributed by atoms with Crippen LogP contribution in [0.1, 0.15) is 30.9 Å². The quantitative estimate of drug-likeness (QED) is 0.823. The van der Waals surface area contributed by atoms with Crippen LogP contribution in [0.15, 0.2) is 30.3 Å². The molecule has 0 aromatic heterocycles. The molecule has 0 aliphatic carbocycles. The van der Waals surface area contributed by atoms with Crippen molar-refractivity contribution in [2.75, 3.05) is 19.6 Å². The zero-order valence-electron chi connectivity index (χ0n) is 12.3. The Hall–Kier alpha value is -1.33. The van der Waals surface area contributed by atoms with Crippen LogP contribution in [0, 0.1) is 0 Å². The van der Waals surface area contributed by atoms with E-state index in [9.17, 15) is 18.0 Å². The summed E-state index contributed by atoms with van der Waals surface area (Å²) in [6, 6.07) is 5.45. The normalized spacial score (nSPS) is 15.9. The molecule has 1 aromatic rings. The van der Waals surface area contributed by atoms with Gasteiger partial charge < -0.3 is 0 Å². The molecule has 6 heteroatoms. The fourth-order valence-corrected chi connectivity index (χ4v) is 2.39. The molecule has 1 aliphatic heterocycles. The first-order valence-electron chi connectivity index (χ1n) is 6.95. The molecular weight excluding hydrogens is 315 g/mol. The lowest BCUT2D eigenvalue weighted by Crippen LogP contribution is -2.30. The Kier molecular flexibility index (Phi) is 6.63. The van der Waals surface area contributed by atoms with Crippen LogP contribution in [-0.2, 0) is 11.0 Å². The molecule has 122 valence electrons. The topological polar surface area (TPSA) is 20.3 Å². The molecule has 0 N–H and O–H groups in total. The lowest BCUT2D eigenvalue weighted by atomic mass is 9.97. The van der Waals surface area contributed by atoms with Crippen molar-refractivity contribution in [3.05, 3.63) is 41.5 Å². The molecule has 22 heavy (non-hydrogen) atoms. The summed E-state index contributed by atoms with van der Waals surface area (Å²) in [4.78, 5) is 13.1. The van der Waals surface area contributed by atoms with Crippen molar-refractivity contribution < 1.29 is 18.0 Å². The van der Waals surface area contributed by atoms with Gasteiger partial charge in [-0.25, -0.2) is 0 Å². The van der Waals surface area contributed by atoms with Crippen molar-refractivity contribution in [3.8, 4) is 0 Å². The third-order valence-corrected chi connectivity index (χ3v) is 3.63. The van der Waals surface area contributed by atoms with Crippen LogP contribution >= 0.6 is 12.4 Å². The van der Waals surface area contributed by atoms with Gasteiger partial charge in [-0.3, -0.25) is 9.69 Å². The fraction of sp³-hybridized carbons (Fsp3) is 0.438. The standard InChI is InChI=1S/C16H18F3NO.ClH/c1-12(21)5-8-20-9-6-13(7-10-20)14-3-2-4-15(11-14)16(17,18)19;/h2-4,6,11H,5,7-10H2,1H3;1H. The van der Waals surface area contributed by atoms with Gasteiger partial charge >= 0.3 is 6.18 Å². The zero-order chi connectivity index (χ0) is 15.5. The van der Waals surface area contributed by atoms with Gasteiger partial charge in [-0.15, -0.1) is 12.4 Å². The summed E-state index contributed by atoms with van der Waals surface area (Å²) in [6.45, 7) is 3.73. The maximum atomic E-state index is 12.7. The first kappa shape index (κ1) is 18.7. The van der Waals surface area contributed by atoms with E-state index in [1.807, 2.05) is 6.08 Å². The average molecular weight is 334 g/mol. The van der Waals surface area contributed by atoms with Crippen LogP contribution < -0.4 is 0 Å². The van der Waals surface area contributed by atoms with Crippen LogP contribution in [0.25, 0.3) is 5.57 Å². The first-order chi connectivity index (χ1) is 9.86. The summed E-state index contributed by atoms with van der Waals surface area (Å²) in [5.74, 6) is 0.155. The molecule has 0 bridgehead atoms. The highest BCUT2D eigenvalue weighted by Gasteiger charge is 2.30. The summed E-state index contributed by atoms with van der Waals surface area (Å²) in [6.07, 6.45) is -1.12. The highest BCUT2D eigenvalue weighted by molar-refractivity contribution is 5.85. The Morgan fingerprint density at radius 1 is 1.32 bits per heavy atom. The minimum absolute atomic E-state index is 0. The molecule has 2 nitrogen and oxygen atoms in total. The van der Waals surface area contributed by atoms with Gasteiger partial charge in [0.25, 0.3) is 0 Å². The summed E-state index contributed by atoms with van der Waals surface area (Å²) < 4.78 is 38.1. The molecule has 0 atom stereocenters. The molecule has 0 saturated carbocycles. The SMILES string of the molecule is CC(=O)CCN1CC=C(c2cccc(C(F)(F)F)c2)CC1.Cl. The molecular formula is C16H19ClF3NO. The van der Waals surface area contributed by atoms with Gasteiger partial charge in [0.05, 0.1) is 5.56 Å².